The second-order valence-corrected chi connectivity index (χ2v) is 5.11. The van der Waals surface area contributed by atoms with Gasteiger partial charge in [-0.1, -0.05) is 6.07 Å². The summed E-state index contributed by atoms with van der Waals surface area (Å²) in [6, 6.07) is 5.72. The predicted molar refractivity (Wildman–Crippen MR) is 65.4 cm³/mol. The Balaban J connectivity index is 2.23. The van der Waals surface area contributed by atoms with Crippen LogP contribution in [0.1, 0.15) is 18.6 Å². The molecule has 1 atom stereocenters. The molecule has 0 amide bonds. The van der Waals surface area contributed by atoms with Gasteiger partial charge in [0.15, 0.2) is 0 Å². The van der Waals surface area contributed by atoms with E-state index in [9.17, 15) is 5.11 Å². The van der Waals surface area contributed by atoms with Gasteiger partial charge in [0.25, 0.3) is 5.22 Å². The maximum absolute atomic E-state index is 9.44. The van der Waals surface area contributed by atoms with Crippen molar-refractivity contribution in [2.24, 2.45) is 0 Å². The fraction of sp³-hybridized carbons (Fsp3) is 0.182. The van der Waals surface area contributed by atoms with Crippen LogP contribution in [0.4, 0.5) is 0 Å². The van der Waals surface area contributed by atoms with Gasteiger partial charge in [0, 0.05) is 9.37 Å². The van der Waals surface area contributed by atoms with E-state index in [1.54, 1.807) is 19.4 Å². The number of nitrogens with zero attached hydrogens (tertiary/aromatic N) is 1. The molecule has 3 nitrogen and oxygen atoms in total. The van der Waals surface area contributed by atoms with E-state index < -0.39 is 6.10 Å². The Morgan fingerprint density at radius 1 is 1.50 bits per heavy atom. The monoisotopic (exact) mass is 299 g/mol. The summed E-state index contributed by atoms with van der Waals surface area (Å²) in [4.78, 5) is 5.04. The highest BCUT2D eigenvalue weighted by atomic mass is 79.9. The van der Waals surface area contributed by atoms with Crippen molar-refractivity contribution in [1.82, 2.24) is 4.98 Å². The summed E-state index contributed by atoms with van der Waals surface area (Å²) in [6.45, 7) is 1.74. The Morgan fingerprint density at radius 3 is 2.88 bits per heavy atom. The number of halogens is 1. The topological polar surface area (TPSA) is 46.3 Å². The summed E-state index contributed by atoms with van der Waals surface area (Å²) >= 11 is 4.89. The standard InChI is InChI=1S/C11H10BrNO2S/c1-7(14)8-2-3-10(9(12)6-8)16-11-13-4-5-15-11/h2-7,14H,1H3/t7-/m1/s1. The average molecular weight is 300 g/mol. The fourth-order valence-electron chi connectivity index (χ4n) is 1.21. The van der Waals surface area contributed by atoms with E-state index in [1.165, 1.54) is 11.8 Å². The molecule has 1 heterocycles. The molecule has 0 radical (unpaired) electrons. The van der Waals surface area contributed by atoms with Crippen LogP contribution in [0.2, 0.25) is 0 Å². The minimum absolute atomic E-state index is 0.461. The highest BCUT2D eigenvalue weighted by molar-refractivity contribution is 9.10. The lowest BCUT2D eigenvalue weighted by Gasteiger charge is -2.07. The van der Waals surface area contributed by atoms with Crippen molar-refractivity contribution >= 4 is 27.7 Å². The molecular weight excluding hydrogens is 290 g/mol. The summed E-state index contributed by atoms with van der Waals surface area (Å²) in [5.74, 6) is 0. The zero-order chi connectivity index (χ0) is 11.5. The van der Waals surface area contributed by atoms with Crippen LogP contribution in [-0.2, 0) is 0 Å². The number of aliphatic hydroxyl groups is 1. The van der Waals surface area contributed by atoms with E-state index in [0.29, 0.717) is 5.22 Å². The molecule has 0 aliphatic heterocycles. The largest absolute Gasteiger partial charge is 0.440 e. The van der Waals surface area contributed by atoms with E-state index in [0.717, 1.165) is 14.9 Å². The molecule has 0 bridgehead atoms. The first-order valence-electron chi connectivity index (χ1n) is 4.71. The van der Waals surface area contributed by atoms with E-state index >= 15 is 0 Å². The van der Waals surface area contributed by atoms with Crippen LogP contribution in [0.5, 0.6) is 0 Å². The Bertz CT molecular complexity index is 471. The van der Waals surface area contributed by atoms with Crippen molar-refractivity contribution in [3.63, 3.8) is 0 Å². The van der Waals surface area contributed by atoms with Gasteiger partial charge in [-0.25, -0.2) is 4.98 Å². The number of hydrogen-bond acceptors (Lipinski definition) is 4. The molecule has 5 heteroatoms. The second kappa shape index (κ2) is 5.03. The van der Waals surface area contributed by atoms with Gasteiger partial charge in [0.05, 0.1) is 12.3 Å². The molecule has 16 heavy (non-hydrogen) atoms. The van der Waals surface area contributed by atoms with Gasteiger partial charge in [-0.3, -0.25) is 0 Å². The second-order valence-electron chi connectivity index (χ2n) is 3.27. The van der Waals surface area contributed by atoms with Gasteiger partial charge < -0.3 is 9.52 Å². The Labute approximate surface area is 106 Å². The molecule has 0 saturated heterocycles. The van der Waals surface area contributed by atoms with Gasteiger partial charge in [-0.05, 0) is 52.3 Å². The Hall–Kier alpha value is -0.780. The van der Waals surface area contributed by atoms with Crippen molar-refractivity contribution in [2.45, 2.75) is 23.1 Å². The number of oxazole rings is 1. The SMILES string of the molecule is C[C@@H](O)c1ccc(Sc2ncco2)c(Br)c1. The number of rotatable bonds is 3. The molecule has 1 aromatic heterocycles. The van der Waals surface area contributed by atoms with Crippen molar-refractivity contribution in [3.05, 3.63) is 40.7 Å². The van der Waals surface area contributed by atoms with E-state index in [-0.39, 0.29) is 0 Å². The predicted octanol–water partition coefficient (Wildman–Crippen LogP) is 3.64. The van der Waals surface area contributed by atoms with Crippen LogP contribution < -0.4 is 0 Å². The third kappa shape index (κ3) is 2.66. The maximum Gasteiger partial charge on any atom is 0.260 e. The minimum Gasteiger partial charge on any atom is -0.440 e. The van der Waals surface area contributed by atoms with Crippen LogP contribution in [0.25, 0.3) is 0 Å². The third-order valence-corrected chi connectivity index (χ3v) is 3.92. The van der Waals surface area contributed by atoms with Gasteiger partial charge in [0.1, 0.15) is 6.26 Å². The number of hydrogen-bond donors (Lipinski definition) is 1. The lowest BCUT2D eigenvalue weighted by atomic mass is 10.1. The van der Waals surface area contributed by atoms with Crippen LogP contribution in [-0.4, -0.2) is 10.1 Å². The summed E-state index contributed by atoms with van der Waals surface area (Å²) in [5.41, 5.74) is 0.878. The van der Waals surface area contributed by atoms with E-state index in [2.05, 4.69) is 20.9 Å². The minimum atomic E-state index is -0.461. The highest BCUT2D eigenvalue weighted by Gasteiger charge is 2.08. The number of benzene rings is 1. The van der Waals surface area contributed by atoms with Gasteiger partial charge in [0.2, 0.25) is 0 Å². The molecule has 0 unspecified atom stereocenters. The van der Waals surface area contributed by atoms with Crippen LogP contribution >= 0.6 is 27.7 Å². The Morgan fingerprint density at radius 2 is 2.31 bits per heavy atom. The molecular formula is C11H10BrNO2S. The zero-order valence-corrected chi connectivity index (χ0v) is 11.0. The summed E-state index contributed by atoms with van der Waals surface area (Å²) in [6.07, 6.45) is 2.69. The molecule has 0 fully saturated rings. The van der Waals surface area contributed by atoms with E-state index in [1.807, 2.05) is 18.2 Å². The molecule has 0 aliphatic rings. The first-order valence-corrected chi connectivity index (χ1v) is 6.32. The molecule has 0 aliphatic carbocycles. The van der Waals surface area contributed by atoms with Crippen LogP contribution in [0, 0.1) is 0 Å². The normalized spacial score (nSPS) is 12.7. The fourth-order valence-corrected chi connectivity index (χ4v) is 2.55. The summed E-state index contributed by atoms with van der Waals surface area (Å²) in [7, 11) is 0. The molecule has 0 spiro atoms. The van der Waals surface area contributed by atoms with Crippen molar-refractivity contribution in [2.75, 3.05) is 0 Å². The number of aromatic nitrogens is 1. The maximum atomic E-state index is 9.44. The highest BCUT2D eigenvalue weighted by Crippen LogP contribution is 2.34. The molecule has 2 aromatic rings. The van der Waals surface area contributed by atoms with Crippen molar-refractivity contribution < 1.29 is 9.52 Å². The van der Waals surface area contributed by atoms with Crippen molar-refractivity contribution in [1.29, 1.82) is 0 Å². The lowest BCUT2D eigenvalue weighted by molar-refractivity contribution is 0.199. The third-order valence-electron chi connectivity index (χ3n) is 2.05. The molecule has 0 saturated carbocycles. The van der Waals surface area contributed by atoms with E-state index in [4.69, 9.17) is 4.42 Å². The van der Waals surface area contributed by atoms with Crippen LogP contribution in [0.3, 0.4) is 0 Å². The zero-order valence-electron chi connectivity index (χ0n) is 8.55. The van der Waals surface area contributed by atoms with Crippen LogP contribution in [0.15, 0.2) is 49.7 Å². The summed E-state index contributed by atoms with van der Waals surface area (Å²) in [5, 5.41) is 10.0. The van der Waals surface area contributed by atoms with Crippen molar-refractivity contribution in [3.8, 4) is 0 Å². The molecule has 1 aromatic carbocycles. The summed E-state index contributed by atoms with van der Waals surface area (Å²) < 4.78 is 6.08. The molecule has 1 N–H and O–H groups in total. The average Bonchev–Trinajstić information content (AvgIpc) is 2.73. The van der Waals surface area contributed by atoms with Gasteiger partial charge in [-0.2, -0.15) is 0 Å². The number of aliphatic hydroxyl groups excluding tert-OH is 1. The smallest absolute Gasteiger partial charge is 0.260 e. The van der Waals surface area contributed by atoms with Gasteiger partial charge >= 0.3 is 0 Å². The van der Waals surface area contributed by atoms with Gasteiger partial charge in [-0.15, -0.1) is 0 Å². The Kier molecular flexibility index (Phi) is 3.68. The lowest BCUT2D eigenvalue weighted by Crippen LogP contribution is -1.90. The molecule has 84 valence electrons. The first-order chi connectivity index (χ1) is 7.66. The first kappa shape index (κ1) is 11.7. The quantitative estimate of drug-likeness (QED) is 0.940. The molecule has 2 rings (SSSR count).